The molecule has 0 bridgehead atoms. The van der Waals surface area contributed by atoms with Crippen LogP contribution in [0.15, 0.2) is 78.9 Å². The zero-order valence-electron chi connectivity index (χ0n) is 20.0. The molecule has 176 valence electrons. The van der Waals surface area contributed by atoms with Gasteiger partial charge in [0, 0.05) is 13.0 Å². The lowest BCUT2D eigenvalue weighted by molar-refractivity contribution is -0.121. The van der Waals surface area contributed by atoms with Crippen LogP contribution in [0.3, 0.4) is 0 Å². The molecular weight excluding hydrogens is 422 g/mol. The van der Waals surface area contributed by atoms with Crippen LogP contribution in [0.4, 0.5) is 0 Å². The van der Waals surface area contributed by atoms with Gasteiger partial charge in [0.1, 0.15) is 11.6 Å². The van der Waals surface area contributed by atoms with Gasteiger partial charge in [0.25, 0.3) is 0 Å². The monoisotopic (exact) mass is 455 g/mol. The van der Waals surface area contributed by atoms with E-state index in [2.05, 4.69) is 47.1 Å². The standard InChI is InChI=1S/C29H33N3O2/c1-22-14-17-25(18-15-22)34-21-9-8-20-32-27-13-7-6-12-26(27)31-29(32)23(2)30-28(33)19-16-24-10-4-3-5-11-24/h3-7,10-15,17-18,23H,8-9,16,19-21H2,1-2H3,(H,30,33). The summed E-state index contributed by atoms with van der Waals surface area (Å²) in [5.74, 6) is 1.85. The van der Waals surface area contributed by atoms with E-state index in [4.69, 9.17) is 9.72 Å². The van der Waals surface area contributed by atoms with Crippen LogP contribution in [-0.4, -0.2) is 22.1 Å². The number of benzene rings is 3. The van der Waals surface area contributed by atoms with Crippen molar-refractivity contribution in [2.75, 3.05) is 6.61 Å². The fourth-order valence-corrected chi connectivity index (χ4v) is 4.14. The minimum atomic E-state index is -0.167. The largest absolute Gasteiger partial charge is 0.494 e. The lowest BCUT2D eigenvalue weighted by Crippen LogP contribution is -2.29. The van der Waals surface area contributed by atoms with Crippen LogP contribution in [0.1, 0.15) is 49.2 Å². The molecule has 4 rings (SSSR count). The van der Waals surface area contributed by atoms with Gasteiger partial charge in [0.15, 0.2) is 0 Å². The first-order valence-electron chi connectivity index (χ1n) is 12.1. The van der Waals surface area contributed by atoms with Crippen molar-refractivity contribution in [3.8, 4) is 5.75 Å². The zero-order chi connectivity index (χ0) is 23.8. The molecule has 0 fully saturated rings. The molecule has 0 aliphatic carbocycles. The van der Waals surface area contributed by atoms with Crippen molar-refractivity contribution in [1.82, 2.24) is 14.9 Å². The maximum absolute atomic E-state index is 12.6. The van der Waals surface area contributed by atoms with Gasteiger partial charge in [-0.3, -0.25) is 4.79 Å². The molecule has 5 heteroatoms. The number of carbonyl (C=O) groups excluding carboxylic acids is 1. The Balaban J connectivity index is 1.35. The van der Waals surface area contributed by atoms with Crippen molar-refractivity contribution in [2.45, 2.75) is 52.1 Å². The van der Waals surface area contributed by atoms with Crippen LogP contribution >= 0.6 is 0 Å². The molecule has 0 saturated heterocycles. The van der Waals surface area contributed by atoms with E-state index in [1.54, 1.807) is 0 Å². The Morgan fingerprint density at radius 2 is 1.71 bits per heavy atom. The second-order valence-electron chi connectivity index (χ2n) is 8.75. The van der Waals surface area contributed by atoms with Gasteiger partial charge in [-0.2, -0.15) is 0 Å². The third-order valence-electron chi connectivity index (χ3n) is 6.00. The minimum Gasteiger partial charge on any atom is -0.494 e. The summed E-state index contributed by atoms with van der Waals surface area (Å²) in [7, 11) is 0. The van der Waals surface area contributed by atoms with Crippen molar-refractivity contribution < 1.29 is 9.53 Å². The third kappa shape index (κ3) is 6.25. The van der Waals surface area contributed by atoms with Crippen molar-refractivity contribution >= 4 is 16.9 Å². The van der Waals surface area contributed by atoms with E-state index in [1.807, 2.05) is 55.5 Å². The molecule has 1 unspecified atom stereocenters. The second-order valence-corrected chi connectivity index (χ2v) is 8.75. The summed E-state index contributed by atoms with van der Waals surface area (Å²) in [6.45, 7) is 5.59. The van der Waals surface area contributed by atoms with E-state index >= 15 is 0 Å². The SMILES string of the molecule is Cc1ccc(OCCCCn2c(C(C)NC(=O)CCc3ccccc3)nc3ccccc32)cc1. The lowest BCUT2D eigenvalue weighted by Gasteiger charge is -2.16. The molecular formula is C29H33N3O2. The number of hydrogen-bond donors (Lipinski definition) is 1. The number of hydrogen-bond acceptors (Lipinski definition) is 3. The number of amides is 1. The highest BCUT2D eigenvalue weighted by molar-refractivity contribution is 5.78. The molecule has 1 heterocycles. The van der Waals surface area contributed by atoms with E-state index in [-0.39, 0.29) is 11.9 Å². The molecule has 0 radical (unpaired) electrons. The first kappa shape index (κ1) is 23.6. The number of ether oxygens (including phenoxy) is 1. The van der Waals surface area contributed by atoms with Crippen molar-refractivity contribution in [3.05, 3.63) is 95.8 Å². The molecule has 1 aromatic heterocycles. The summed E-state index contributed by atoms with van der Waals surface area (Å²) >= 11 is 0. The Hall–Kier alpha value is -3.60. The lowest BCUT2D eigenvalue weighted by atomic mass is 10.1. The highest BCUT2D eigenvalue weighted by atomic mass is 16.5. The predicted molar refractivity (Wildman–Crippen MR) is 137 cm³/mol. The highest BCUT2D eigenvalue weighted by Crippen LogP contribution is 2.22. The van der Waals surface area contributed by atoms with Crippen LogP contribution in [-0.2, 0) is 17.8 Å². The number of aryl methyl sites for hydroxylation is 3. The molecule has 3 aromatic carbocycles. The van der Waals surface area contributed by atoms with Crippen LogP contribution in [0.2, 0.25) is 0 Å². The molecule has 0 aliphatic rings. The molecule has 0 aliphatic heterocycles. The zero-order valence-corrected chi connectivity index (χ0v) is 20.0. The number of rotatable bonds is 11. The Labute approximate surface area is 201 Å². The highest BCUT2D eigenvalue weighted by Gasteiger charge is 2.18. The quantitative estimate of drug-likeness (QED) is 0.282. The molecule has 0 saturated carbocycles. The van der Waals surface area contributed by atoms with Gasteiger partial charge in [-0.1, -0.05) is 60.2 Å². The fraction of sp³-hybridized carbons (Fsp3) is 0.310. The predicted octanol–water partition coefficient (Wildman–Crippen LogP) is 6.01. The molecule has 1 amide bonds. The van der Waals surface area contributed by atoms with Crippen LogP contribution < -0.4 is 10.1 Å². The molecule has 34 heavy (non-hydrogen) atoms. The van der Waals surface area contributed by atoms with E-state index < -0.39 is 0 Å². The summed E-state index contributed by atoms with van der Waals surface area (Å²) < 4.78 is 8.12. The van der Waals surface area contributed by atoms with Gasteiger partial charge in [0.05, 0.1) is 23.7 Å². The average molecular weight is 456 g/mol. The van der Waals surface area contributed by atoms with Crippen LogP contribution in [0.5, 0.6) is 5.75 Å². The Morgan fingerprint density at radius 3 is 2.50 bits per heavy atom. The topological polar surface area (TPSA) is 56.1 Å². The Kier molecular flexibility index (Phi) is 7.97. The number of fused-ring (bicyclic) bond motifs is 1. The molecule has 1 atom stereocenters. The molecule has 5 nitrogen and oxygen atoms in total. The number of aromatic nitrogens is 2. The second kappa shape index (κ2) is 11.5. The number of nitrogens with zero attached hydrogens (tertiary/aromatic N) is 2. The average Bonchev–Trinajstić information content (AvgIpc) is 3.23. The maximum atomic E-state index is 12.6. The summed E-state index contributed by atoms with van der Waals surface area (Å²) in [4.78, 5) is 17.5. The third-order valence-corrected chi connectivity index (χ3v) is 6.00. The summed E-state index contributed by atoms with van der Waals surface area (Å²) in [6, 6.07) is 26.3. The minimum absolute atomic E-state index is 0.0430. The first-order chi connectivity index (χ1) is 16.6. The van der Waals surface area contributed by atoms with Gasteiger partial charge < -0.3 is 14.6 Å². The Bertz CT molecular complexity index is 1200. The van der Waals surface area contributed by atoms with E-state index in [1.165, 1.54) is 11.1 Å². The smallest absolute Gasteiger partial charge is 0.220 e. The van der Waals surface area contributed by atoms with Crippen molar-refractivity contribution in [1.29, 1.82) is 0 Å². The molecule has 1 N–H and O–H groups in total. The fourth-order valence-electron chi connectivity index (χ4n) is 4.14. The van der Waals surface area contributed by atoms with Gasteiger partial charge >= 0.3 is 0 Å². The summed E-state index contributed by atoms with van der Waals surface area (Å²) in [6.07, 6.45) is 3.10. The van der Waals surface area contributed by atoms with Gasteiger partial charge in [-0.15, -0.1) is 0 Å². The molecule has 0 spiro atoms. The van der Waals surface area contributed by atoms with Gasteiger partial charge in [0.2, 0.25) is 5.91 Å². The van der Waals surface area contributed by atoms with Crippen molar-refractivity contribution in [2.24, 2.45) is 0 Å². The normalized spacial score (nSPS) is 11.9. The van der Waals surface area contributed by atoms with Gasteiger partial charge in [-0.25, -0.2) is 4.98 Å². The van der Waals surface area contributed by atoms with Gasteiger partial charge in [-0.05, 0) is 62.9 Å². The first-order valence-corrected chi connectivity index (χ1v) is 12.1. The number of nitrogens with one attached hydrogen (secondary N) is 1. The number of carbonyl (C=O) groups is 1. The van der Waals surface area contributed by atoms with Crippen molar-refractivity contribution in [3.63, 3.8) is 0 Å². The summed E-state index contributed by atoms with van der Waals surface area (Å²) in [5, 5.41) is 3.15. The Morgan fingerprint density at radius 1 is 0.971 bits per heavy atom. The van der Waals surface area contributed by atoms with Crippen LogP contribution in [0.25, 0.3) is 11.0 Å². The number of unbranched alkanes of at least 4 members (excludes halogenated alkanes) is 1. The number of para-hydroxylation sites is 2. The van der Waals surface area contributed by atoms with E-state index in [9.17, 15) is 4.79 Å². The number of imidazole rings is 1. The maximum Gasteiger partial charge on any atom is 0.220 e. The summed E-state index contributed by atoms with van der Waals surface area (Å²) in [5.41, 5.74) is 4.46. The molecule has 4 aromatic rings. The van der Waals surface area contributed by atoms with E-state index in [0.717, 1.165) is 48.4 Å². The van der Waals surface area contributed by atoms with Crippen LogP contribution in [0, 0.1) is 6.92 Å². The van der Waals surface area contributed by atoms with E-state index in [0.29, 0.717) is 13.0 Å².